The molecule has 2 aromatic carbocycles. The van der Waals surface area contributed by atoms with Crippen molar-refractivity contribution < 1.29 is 19.0 Å². The molecule has 2 aromatic rings. The Morgan fingerprint density at radius 3 is 2.59 bits per heavy atom. The number of rotatable bonds is 8. The van der Waals surface area contributed by atoms with Gasteiger partial charge in [0.15, 0.2) is 11.5 Å². The van der Waals surface area contributed by atoms with E-state index in [0.29, 0.717) is 13.0 Å². The monoisotopic (exact) mass is 438 g/mol. The molecule has 2 fully saturated rings. The summed E-state index contributed by atoms with van der Waals surface area (Å²) in [6.07, 6.45) is 3.84. The van der Waals surface area contributed by atoms with Crippen molar-refractivity contribution in [2.24, 2.45) is 5.41 Å². The molecular formula is C26H34N2O4. The van der Waals surface area contributed by atoms with Crippen LogP contribution >= 0.6 is 0 Å². The van der Waals surface area contributed by atoms with Gasteiger partial charge in [0, 0.05) is 37.2 Å². The van der Waals surface area contributed by atoms with E-state index in [1.807, 2.05) is 47.4 Å². The number of piperidine rings is 1. The van der Waals surface area contributed by atoms with Gasteiger partial charge >= 0.3 is 0 Å². The number of para-hydroxylation sites is 2. The minimum atomic E-state index is 0.195. The third-order valence-corrected chi connectivity index (χ3v) is 6.74. The lowest BCUT2D eigenvalue weighted by Crippen LogP contribution is -2.45. The maximum absolute atomic E-state index is 12.8. The van der Waals surface area contributed by atoms with Crippen molar-refractivity contribution in [3.8, 4) is 17.2 Å². The molecule has 0 saturated carbocycles. The first-order valence-corrected chi connectivity index (χ1v) is 11.5. The molecule has 1 amide bonds. The molecular weight excluding hydrogens is 404 g/mol. The number of hydrogen-bond acceptors (Lipinski definition) is 5. The molecule has 6 nitrogen and oxygen atoms in total. The summed E-state index contributed by atoms with van der Waals surface area (Å²) in [6, 6.07) is 15.7. The SMILES string of the molecule is COc1cccc(CN2CCC[C@]3(CCN(C(=O)CCOc4ccccc4)C3)C2)c1OC. The fourth-order valence-electron chi connectivity index (χ4n) is 5.18. The van der Waals surface area contributed by atoms with Gasteiger partial charge < -0.3 is 19.1 Å². The van der Waals surface area contributed by atoms with Crippen LogP contribution in [0.1, 0.15) is 31.2 Å². The molecule has 1 atom stereocenters. The van der Waals surface area contributed by atoms with E-state index < -0.39 is 0 Å². The van der Waals surface area contributed by atoms with Crippen molar-refractivity contribution in [2.75, 3.05) is 47.0 Å². The van der Waals surface area contributed by atoms with Crippen LogP contribution in [0.5, 0.6) is 17.2 Å². The fraction of sp³-hybridized carbons (Fsp3) is 0.500. The molecule has 2 aliphatic rings. The van der Waals surface area contributed by atoms with Gasteiger partial charge in [0.1, 0.15) is 5.75 Å². The zero-order valence-electron chi connectivity index (χ0n) is 19.2. The summed E-state index contributed by atoms with van der Waals surface area (Å²) in [6.45, 7) is 5.04. The van der Waals surface area contributed by atoms with E-state index in [1.54, 1.807) is 14.2 Å². The first-order chi connectivity index (χ1) is 15.6. The zero-order chi connectivity index (χ0) is 22.4. The number of carbonyl (C=O) groups is 1. The molecule has 1 spiro atoms. The van der Waals surface area contributed by atoms with Gasteiger partial charge in [0.2, 0.25) is 5.91 Å². The lowest BCUT2D eigenvalue weighted by Gasteiger charge is -2.40. The molecule has 0 aromatic heterocycles. The number of benzene rings is 2. The fourth-order valence-corrected chi connectivity index (χ4v) is 5.18. The van der Waals surface area contributed by atoms with E-state index in [-0.39, 0.29) is 11.3 Å². The Morgan fingerprint density at radius 2 is 1.81 bits per heavy atom. The summed E-state index contributed by atoms with van der Waals surface area (Å²) in [5, 5.41) is 0. The van der Waals surface area contributed by atoms with Crippen LogP contribution in [0, 0.1) is 5.41 Å². The van der Waals surface area contributed by atoms with E-state index in [9.17, 15) is 4.79 Å². The normalized spacial score (nSPS) is 21.0. The van der Waals surface area contributed by atoms with Crippen LogP contribution in [0.3, 0.4) is 0 Å². The van der Waals surface area contributed by atoms with Crippen molar-refractivity contribution in [1.29, 1.82) is 0 Å². The molecule has 0 N–H and O–H groups in total. The molecule has 2 saturated heterocycles. The summed E-state index contributed by atoms with van der Waals surface area (Å²) < 4.78 is 16.8. The predicted octanol–water partition coefficient (Wildman–Crippen LogP) is 3.99. The number of nitrogens with zero attached hydrogens (tertiary/aromatic N) is 2. The average molecular weight is 439 g/mol. The lowest BCUT2D eigenvalue weighted by atomic mass is 9.79. The van der Waals surface area contributed by atoms with Gasteiger partial charge in [-0.15, -0.1) is 0 Å². The Balaban J connectivity index is 1.31. The summed E-state index contributed by atoms with van der Waals surface area (Å²) >= 11 is 0. The van der Waals surface area contributed by atoms with Crippen molar-refractivity contribution in [3.05, 3.63) is 54.1 Å². The molecule has 0 aliphatic carbocycles. The molecule has 0 unspecified atom stereocenters. The van der Waals surface area contributed by atoms with Gasteiger partial charge in [-0.3, -0.25) is 9.69 Å². The summed E-state index contributed by atoms with van der Waals surface area (Å²) in [5.74, 6) is 2.60. The number of amides is 1. The van der Waals surface area contributed by atoms with Crippen LogP contribution in [-0.2, 0) is 11.3 Å². The van der Waals surface area contributed by atoms with Crippen molar-refractivity contribution in [2.45, 2.75) is 32.2 Å². The van der Waals surface area contributed by atoms with Gasteiger partial charge in [-0.1, -0.05) is 30.3 Å². The summed E-state index contributed by atoms with van der Waals surface area (Å²) in [4.78, 5) is 17.3. The van der Waals surface area contributed by atoms with Crippen molar-refractivity contribution in [1.82, 2.24) is 9.80 Å². The maximum Gasteiger partial charge on any atom is 0.226 e. The third kappa shape index (κ3) is 5.18. The Kier molecular flexibility index (Phi) is 7.20. The highest BCUT2D eigenvalue weighted by atomic mass is 16.5. The van der Waals surface area contributed by atoms with E-state index in [0.717, 1.165) is 68.4 Å². The largest absolute Gasteiger partial charge is 0.493 e. The number of hydrogen-bond donors (Lipinski definition) is 0. The van der Waals surface area contributed by atoms with Crippen LogP contribution in [0.15, 0.2) is 48.5 Å². The molecule has 0 radical (unpaired) electrons. The second kappa shape index (κ2) is 10.3. The molecule has 32 heavy (non-hydrogen) atoms. The molecule has 172 valence electrons. The highest BCUT2D eigenvalue weighted by molar-refractivity contribution is 5.76. The van der Waals surface area contributed by atoms with Crippen LogP contribution in [0.4, 0.5) is 0 Å². The predicted molar refractivity (Wildman–Crippen MR) is 124 cm³/mol. The lowest BCUT2D eigenvalue weighted by molar-refractivity contribution is -0.131. The highest BCUT2D eigenvalue weighted by Gasteiger charge is 2.42. The molecule has 2 aliphatic heterocycles. The van der Waals surface area contributed by atoms with E-state index in [2.05, 4.69) is 11.0 Å². The average Bonchev–Trinajstić information content (AvgIpc) is 3.22. The van der Waals surface area contributed by atoms with Gasteiger partial charge in [-0.2, -0.15) is 0 Å². The quantitative estimate of drug-likeness (QED) is 0.624. The van der Waals surface area contributed by atoms with E-state index in [1.165, 1.54) is 6.42 Å². The Hall–Kier alpha value is -2.73. The number of ether oxygens (including phenoxy) is 3. The summed E-state index contributed by atoms with van der Waals surface area (Å²) in [5.41, 5.74) is 1.34. The van der Waals surface area contributed by atoms with Crippen molar-refractivity contribution in [3.63, 3.8) is 0 Å². The third-order valence-electron chi connectivity index (χ3n) is 6.74. The number of methoxy groups -OCH3 is 2. The Labute approximate surface area is 191 Å². The number of carbonyl (C=O) groups excluding carboxylic acids is 1. The van der Waals surface area contributed by atoms with Crippen LogP contribution < -0.4 is 14.2 Å². The smallest absolute Gasteiger partial charge is 0.226 e. The van der Waals surface area contributed by atoms with Crippen molar-refractivity contribution >= 4 is 5.91 Å². The molecule has 2 heterocycles. The van der Waals surface area contributed by atoms with E-state index in [4.69, 9.17) is 14.2 Å². The van der Waals surface area contributed by atoms with Gasteiger partial charge in [-0.05, 0) is 44.0 Å². The maximum atomic E-state index is 12.8. The van der Waals surface area contributed by atoms with Crippen LogP contribution in [0.25, 0.3) is 0 Å². The first kappa shape index (κ1) is 22.5. The minimum absolute atomic E-state index is 0.195. The Bertz CT molecular complexity index is 904. The minimum Gasteiger partial charge on any atom is -0.493 e. The Morgan fingerprint density at radius 1 is 0.969 bits per heavy atom. The second-order valence-electron chi connectivity index (χ2n) is 8.94. The molecule has 0 bridgehead atoms. The second-order valence-corrected chi connectivity index (χ2v) is 8.94. The van der Waals surface area contributed by atoms with Crippen LogP contribution in [-0.4, -0.2) is 62.7 Å². The van der Waals surface area contributed by atoms with Crippen LogP contribution in [0.2, 0.25) is 0 Å². The zero-order valence-corrected chi connectivity index (χ0v) is 19.2. The summed E-state index contributed by atoms with van der Waals surface area (Å²) in [7, 11) is 3.37. The topological polar surface area (TPSA) is 51.2 Å². The van der Waals surface area contributed by atoms with Gasteiger partial charge in [-0.25, -0.2) is 0 Å². The number of likely N-dealkylation sites (tertiary alicyclic amines) is 2. The van der Waals surface area contributed by atoms with Gasteiger partial charge in [0.25, 0.3) is 0 Å². The standard InChI is InChI=1S/C26H34N2O4/c1-30-23-11-6-8-21(25(23)31-2)18-27-15-7-13-26(19-27)14-16-28(20-26)24(29)12-17-32-22-9-4-3-5-10-22/h3-6,8-11H,7,12-20H2,1-2H3/t26-/m0/s1. The van der Waals surface area contributed by atoms with Gasteiger partial charge in [0.05, 0.1) is 27.2 Å². The highest BCUT2D eigenvalue weighted by Crippen LogP contribution is 2.40. The van der Waals surface area contributed by atoms with E-state index >= 15 is 0 Å². The first-order valence-electron chi connectivity index (χ1n) is 11.5. The molecule has 6 heteroatoms. The molecule has 4 rings (SSSR count).